The van der Waals surface area contributed by atoms with E-state index < -0.39 is 0 Å². The van der Waals surface area contributed by atoms with Crippen LogP contribution in [0.25, 0.3) is 0 Å². The van der Waals surface area contributed by atoms with Crippen molar-refractivity contribution in [3.63, 3.8) is 0 Å². The molecule has 106 valence electrons. The Morgan fingerprint density at radius 2 is 2.16 bits per heavy atom. The molecule has 1 saturated carbocycles. The number of rotatable bonds is 5. The average Bonchev–Trinajstić information content (AvgIpc) is 2.75. The summed E-state index contributed by atoms with van der Waals surface area (Å²) in [6.45, 7) is 7.13. The minimum atomic E-state index is 0.510. The van der Waals surface area contributed by atoms with Crippen LogP contribution in [0.3, 0.4) is 0 Å². The number of nitrogens with two attached hydrogens (primary N) is 1. The molecule has 1 aliphatic carbocycles. The van der Waals surface area contributed by atoms with Crippen LogP contribution in [-0.4, -0.2) is 17.6 Å². The van der Waals surface area contributed by atoms with Crippen molar-refractivity contribution in [2.75, 3.05) is 17.7 Å². The molecule has 1 heterocycles. The van der Waals surface area contributed by atoms with Crippen molar-refractivity contribution in [1.29, 1.82) is 0 Å². The van der Waals surface area contributed by atoms with Crippen molar-refractivity contribution in [2.45, 2.75) is 46.1 Å². The average molecular weight is 263 g/mol. The lowest BCUT2D eigenvalue weighted by molar-refractivity contribution is 0.329. The molecule has 4 nitrogen and oxygen atoms in total. The molecule has 0 spiro atoms. The van der Waals surface area contributed by atoms with Gasteiger partial charge in [-0.1, -0.05) is 20.3 Å². The first-order valence-electron chi connectivity index (χ1n) is 7.31. The minimum Gasteiger partial charge on any atom is -0.476 e. The summed E-state index contributed by atoms with van der Waals surface area (Å²) in [4.78, 5) is 4.45. The molecule has 0 aliphatic heterocycles. The van der Waals surface area contributed by atoms with Crippen molar-refractivity contribution < 1.29 is 4.74 Å². The maximum atomic E-state index is 5.84. The number of hydrogen-bond acceptors (Lipinski definition) is 4. The van der Waals surface area contributed by atoms with Gasteiger partial charge < -0.3 is 15.8 Å². The third-order valence-electron chi connectivity index (χ3n) is 4.26. The molecule has 2 rings (SSSR count). The van der Waals surface area contributed by atoms with E-state index in [0.717, 1.165) is 11.7 Å². The molecule has 1 fully saturated rings. The third-order valence-corrected chi connectivity index (χ3v) is 4.26. The molecule has 1 aliphatic rings. The zero-order valence-corrected chi connectivity index (χ0v) is 12.1. The van der Waals surface area contributed by atoms with Crippen LogP contribution in [0.15, 0.2) is 12.1 Å². The molecule has 0 bridgehead atoms. The largest absolute Gasteiger partial charge is 0.476 e. The number of nitrogens with one attached hydrogen (secondary N) is 1. The molecule has 0 amide bonds. The Morgan fingerprint density at radius 3 is 2.79 bits per heavy atom. The summed E-state index contributed by atoms with van der Waals surface area (Å²) in [6.07, 6.45) is 3.79. The first kappa shape index (κ1) is 14.0. The van der Waals surface area contributed by atoms with Crippen LogP contribution in [0.1, 0.15) is 40.0 Å². The van der Waals surface area contributed by atoms with Gasteiger partial charge >= 0.3 is 0 Å². The molecular weight excluding hydrogens is 238 g/mol. The molecule has 1 aromatic rings. The van der Waals surface area contributed by atoms with Gasteiger partial charge in [-0.15, -0.1) is 0 Å². The normalized spacial score (nSPS) is 26.4. The van der Waals surface area contributed by atoms with Crippen LogP contribution >= 0.6 is 0 Å². The molecule has 0 saturated heterocycles. The topological polar surface area (TPSA) is 60.2 Å². The summed E-state index contributed by atoms with van der Waals surface area (Å²) in [5, 5.41) is 3.53. The molecule has 3 N–H and O–H groups in total. The maximum Gasteiger partial charge on any atom is 0.239 e. The van der Waals surface area contributed by atoms with E-state index in [1.54, 1.807) is 0 Å². The predicted molar refractivity (Wildman–Crippen MR) is 79.4 cm³/mol. The number of ether oxygens (including phenoxy) is 1. The minimum absolute atomic E-state index is 0.510. The van der Waals surface area contributed by atoms with Gasteiger partial charge in [-0.05, 0) is 43.7 Å². The summed E-state index contributed by atoms with van der Waals surface area (Å²) in [5.41, 5.74) is 6.43. The highest BCUT2D eigenvalue weighted by molar-refractivity contribution is 5.53. The lowest BCUT2D eigenvalue weighted by atomic mass is 9.93. The Kier molecular flexibility index (Phi) is 4.51. The van der Waals surface area contributed by atoms with Gasteiger partial charge in [0.15, 0.2) is 0 Å². The fraction of sp³-hybridized carbons (Fsp3) is 0.667. The van der Waals surface area contributed by atoms with Crippen molar-refractivity contribution >= 4 is 11.5 Å². The van der Waals surface area contributed by atoms with E-state index in [4.69, 9.17) is 10.5 Å². The monoisotopic (exact) mass is 263 g/mol. The summed E-state index contributed by atoms with van der Waals surface area (Å²) in [5.74, 6) is 2.92. The SMILES string of the molecule is CCOc1nc(NC2CCC(CC)C2C)ccc1N. The number of aromatic nitrogens is 1. The predicted octanol–water partition coefficient (Wildman–Crippen LogP) is 3.30. The van der Waals surface area contributed by atoms with Crippen LogP contribution in [-0.2, 0) is 0 Å². The van der Waals surface area contributed by atoms with E-state index in [0.29, 0.717) is 30.1 Å². The summed E-state index contributed by atoms with van der Waals surface area (Å²) >= 11 is 0. The second-order valence-electron chi connectivity index (χ2n) is 5.38. The standard InChI is InChI=1S/C15H25N3O/c1-4-11-6-8-13(10(11)3)17-14-9-7-12(16)15(18-14)19-5-2/h7,9-11,13H,4-6,8,16H2,1-3H3,(H,17,18). The lowest BCUT2D eigenvalue weighted by Crippen LogP contribution is -2.25. The van der Waals surface area contributed by atoms with Gasteiger partial charge in [0.05, 0.1) is 12.3 Å². The van der Waals surface area contributed by atoms with E-state index in [1.165, 1.54) is 19.3 Å². The van der Waals surface area contributed by atoms with Crippen LogP contribution in [0.2, 0.25) is 0 Å². The number of hydrogen-bond donors (Lipinski definition) is 2. The Morgan fingerprint density at radius 1 is 1.37 bits per heavy atom. The van der Waals surface area contributed by atoms with Crippen molar-refractivity contribution in [2.24, 2.45) is 11.8 Å². The van der Waals surface area contributed by atoms with Gasteiger partial charge in [-0.3, -0.25) is 0 Å². The Balaban J connectivity index is 2.05. The van der Waals surface area contributed by atoms with Gasteiger partial charge in [0.25, 0.3) is 0 Å². The van der Waals surface area contributed by atoms with E-state index in [1.807, 2.05) is 19.1 Å². The molecule has 0 radical (unpaired) electrons. The number of nitrogen functional groups attached to an aromatic ring is 1. The number of pyridine rings is 1. The van der Waals surface area contributed by atoms with E-state index in [-0.39, 0.29) is 0 Å². The number of anilines is 2. The van der Waals surface area contributed by atoms with E-state index in [2.05, 4.69) is 24.1 Å². The quantitative estimate of drug-likeness (QED) is 0.855. The van der Waals surface area contributed by atoms with E-state index in [9.17, 15) is 0 Å². The smallest absolute Gasteiger partial charge is 0.239 e. The highest BCUT2D eigenvalue weighted by Gasteiger charge is 2.31. The fourth-order valence-corrected chi connectivity index (χ4v) is 3.00. The first-order valence-corrected chi connectivity index (χ1v) is 7.31. The van der Waals surface area contributed by atoms with Gasteiger partial charge in [-0.25, -0.2) is 0 Å². The Labute approximate surface area is 115 Å². The van der Waals surface area contributed by atoms with Crippen LogP contribution < -0.4 is 15.8 Å². The van der Waals surface area contributed by atoms with Crippen molar-refractivity contribution in [3.05, 3.63) is 12.1 Å². The fourth-order valence-electron chi connectivity index (χ4n) is 3.00. The summed E-state index contributed by atoms with van der Waals surface area (Å²) in [7, 11) is 0. The molecule has 1 aromatic heterocycles. The van der Waals surface area contributed by atoms with Crippen LogP contribution in [0.4, 0.5) is 11.5 Å². The second kappa shape index (κ2) is 6.13. The van der Waals surface area contributed by atoms with Crippen LogP contribution in [0, 0.1) is 11.8 Å². The van der Waals surface area contributed by atoms with Gasteiger partial charge in [0.2, 0.25) is 5.88 Å². The Bertz CT molecular complexity index is 422. The van der Waals surface area contributed by atoms with Crippen LogP contribution in [0.5, 0.6) is 5.88 Å². The highest BCUT2D eigenvalue weighted by Crippen LogP contribution is 2.35. The summed E-state index contributed by atoms with van der Waals surface area (Å²) in [6, 6.07) is 4.30. The van der Waals surface area contributed by atoms with Gasteiger partial charge in [0, 0.05) is 6.04 Å². The van der Waals surface area contributed by atoms with Gasteiger partial charge in [-0.2, -0.15) is 4.98 Å². The highest BCUT2D eigenvalue weighted by atomic mass is 16.5. The van der Waals surface area contributed by atoms with Gasteiger partial charge in [0.1, 0.15) is 5.82 Å². The molecule has 3 unspecified atom stereocenters. The van der Waals surface area contributed by atoms with Crippen molar-refractivity contribution in [1.82, 2.24) is 4.98 Å². The molecule has 19 heavy (non-hydrogen) atoms. The molecule has 3 atom stereocenters. The third kappa shape index (κ3) is 3.11. The zero-order chi connectivity index (χ0) is 13.8. The second-order valence-corrected chi connectivity index (χ2v) is 5.38. The maximum absolute atomic E-state index is 5.84. The van der Waals surface area contributed by atoms with E-state index >= 15 is 0 Å². The zero-order valence-electron chi connectivity index (χ0n) is 12.1. The first-order chi connectivity index (χ1) is 9.15. The number of nitrogens with zero attached hydrogens (tertiary/aromatic N) is 1. The van der Waals surface area contributed by atoms with Crippen molar-refractivity contribution in [3.8, 4) is 5.88 Å². The summed E-state index contributed by atoms with van der Waals surface area (Å²) < 4.78 is 5.43. The Hall–Kier alpha value is -1.45. The molecular formula is C15H25N3O. The lowest BCUT2D eigenvalue weighted by Gasteiger charge is -2.21. The molecule has 4 heteroatoms. The molecule has 0 aromatic carbocycles.